The van der Waals surface area contributed by atoms with E-state index in [9.17, 15) is 0 Å². The summed E-state index contributed by atoms with van der Waals surface area (Å²) in [5, 5.41) is 11.9. The first-order chi connectivity index (χ1) is 6.34. The van der Waals surface area contributed by atoms with Crippen molar-refractivity contribution in [3.05, 3.63) is 0 Å². The summed E-state index contributed by atoms with van der Waals surface area (Å²) in [6.07, 6.45) is 0. The third-order valence-corrected chi connectivity index (χ3v) is 2.40. The number of nitrogens with zero attached hydrogens (tertiary/aromatic N) is 1. The van der Waals surface area contributed by atoms with Crippen LogP contribution in [0, 0.1) is 0 Å². The van der Waals surface area contributed by atoms with Crippen LogP contribution in [0.1, 0.15) is 6.92 Å². The third kappa shape index (κ3) is 4.04. The molecule has 0 amide bonds. The zero-order chi connectivity index (χ0) is 9.52. The molecule has 2 N–H and O–H groups in total. The van der Waals surface area contributed by atoms with Gasteiger partial charge in [0.2, 0.25) is 0 Å². The highest BCUT2D eigenvalue weighted by Gasteiger charge is 2.16. The summed E-state index contributed by atoms with van der Waals surface area (Å²) in [5.74, 6) is 0. The molecule has 1 aliphatic rings. The zero-order valence-electron chi connectivity index (χ0n) is 8.33. The Balaban J connectivity index is 2.05. The summed E-state index contributed by atoms with van der Waals surface area (Å²) in [5.41, 5.74) is 0. The van der Waals surface area contributed by atoms with Gasteiger partial charge in [-0.1, -0.05) is 0 Å². The van der Waals surface area contributed by atoms with E-state index >= 15 is 0 Å². The smallest absolute Gasteiger partial charge is 0.0698 e. The SMILES string of the molecule is C[C@H]1CNCCN1CCOCCO. The summed E-state index contributed by atoms with van der Waals surface area (Å²) < 4.78 is 5.22. The van der Waals surface area contributed by atoms with E-state index in [4.69, 9.17) is 9.84 Å². The molecule has 0 aliphatic carbocycles. The second-order valence-electron chi connectivity index (χ2n) is 3.43. The van der Waals surface area contributed by atoms with E-state index in [0.29, 0.717) is 12.6 Å². The van der Waals surface area contributed by atoms with E-state index in [1.807, 2.05) is 0 Å². The lowest BCUT2D eigenvalue weighted by Gasteiger charge is -2.33. The van der Waals surface area contributed by atoms with Crippen molar-refractivity contribution >= 4 is 0 Å². The molecule has 1 fully saturated rings. The van der Waals surface area contributed by atoms with Crippen LogP contribution in [0.4, 0.5) is 0 Å². The standard InChI is InChI=1S/C9H20N2O2/c1-9-8-10-2-3-11(9)4-6-13-7-5-12/h9-10,12H,2-8H2,1H3/t9-/m0/s1. The molecule has 78 valence electrons. The van der Waals surface area contributed by atoms with Crippen molar-refractivity contribution in [1.29, 1.82) is 0 Å². The Labute approximate surface area is 79.9 Å². The van der Waals surface area contributed by atoms with Crippen LogP contribution < -0.4 is 5.32 Å². The van der Waals surface area contributed by atoms with Crippen LogP contribution in [0.2, 0.25) is 0 Å². The highest BCUT2D eigenvalue weighted by atomic mass is 16.5. The maximum absolute atomic E-state index is 8.51. The van der Waals surface area contributed by atoms with Crippen LogP contribution in [-0.4, -0.2) is 62.0 Å². The van der Waals surface area contributed by atoms with E-state index < -0.39 is 0 Å². The Kier molecular flexibility index (Phi) is 5.31. The number of hydrogen-bond acceptors (Lipinski definition) is 4. The number of hydrogen-bond donors (Lipinski definition) is 2. The lowest BCUT2D eigenvalue weighted by Crippen LogP contribution is -2.50. The quantitative estimate of drug-likeness (QED) is 0.559. The molecule has 0 aromatic rings. The minimum absolute atomic E-state index is 0.122. The Hall–Kier alpha value is -0.160. The van der Waals surface area contributed by atoms with Gasteiger partial charge in [-0.2, -0.15) is 0 Å². The highest BCUT2D eigenvalue weighted by Crippen LogP contribution is 2.00. The molecule has 0 bridgehead atoms. The van der Waals surface area contributed by atoms with E-state index in [2.05, 4.69) is 17.1 Å². The normalized spacial score (nSPS) is 24.9. The molecule has 0 saturated carbocycles. The molecule has 4 nitrogen and oxygen atoms in total. The van der Waals surface area contributed by atoms with E-state index in [1.54, 1.807) is 0 Å². The van der Waals surface area contributed by atoms with Gasteiger partial charge in [-0.3, -0.25) is 4.90 Å². The van der Waals surface area contributed by atoms with Gasteiger partial charge in [-0.25, -0.2) is 0 Å². The predicted octanol–water partition coefficient (Wildman–Crippen LogP) is -0.711. The summed E-state index contributed by atoms with van der Waals surface area (Å²) in [7, 11) is 0. The van der Waals surface area contributed by atoms with Crippen molar-refractivity contribution in [1.82, 2.24) is 10.2 Å². The Morgan fingerprint density at radius 2 is 2.38 bits per heavy atom. The van der Waals surface area contributed by atoms with Crippen molar-refractivity contribution in [2.24, 2.45) is 0 Å². The number of aliphatic hydroxyl groups excluding tert-OH is 1. The van der Waals surface area contributed by atoms with Gasteiger partial charge in [0.05, 0.1) is 19.8 Å². The van der Waals surface area contributed by atoms with Crippen LogP contribution in [0.15, 0.2) is 0 Å². The lowest BCUT2D eigenvalue weighted by atomic mass is 10.2. The molecule has 1 heterocycles. The van der Waals surface area contributed by atoms with Gasteiger partial charge < -0.3 is 15.2 Å². The molecule has 1 atom stereocenters. The van der Waals surface area contributed by atoms with E-state index in [-0.39, 0.29) is 6.61 Å². The predicted molar refractivity (Wildman–Crippen MR) is 51.8 cm³/mol. The van der Waals surface area contributed by atoms with Gasteiger partial charge in [0.1, 0.15) is 0 Å². The van der Waals surface area contributed by atoms with Gasteiger partial charge in [-0.05, 0) is 6.92 Å². The summed E-state index contributed by atoms with van der Waals surface area (Å²) >= 11 is 0. The Bertz CT molecular complexity index is 133. The molecular formula is C9H20N2O2. The fourth-order valence-electron chi connectivity index (χ4n) is 1.56. The maximum Gasteiger partial charge on any atom is 0.0698 e. The Morgan fingerprint density at radius 3 is 3.08 bits per heavy atom. The second-order valence-corrected chi connectivity index (χ2v) is 3.43. The minimum Gasteiger partial charge on any atom is -0.394 e. The first kappa shape index (κ1) is 10.9. The molecule has 0 spiro atoms. The van der Waals surface area contributed by atoms with Crippen LogP contribution in [0.5, 0.6) is 0 Å². The van der Waals surface area contributed by atoms with E-state index in [0.717, 1.165) is 32.8 Å². The van der Waals surface area contributed by atoms with Crippen LogP contribution in [-0.2, 0) is 4.74 Å². The molecule has 0 unspecified atom stereocenters. The van der Waals surface area contributed by atoms with Crippen molar-refractivity contribution in [2.75, 3.05) is 46.0 Å². The molecule has 0 radical (unpaired) electrons. The molecular weight excluding hydrogens is 168 g/mol. The van der Waals surface area contributed by atoms with Crippen molar-refractivity contribution in [2.45, 2.75) is 13.0 Å². The monoisotopic (exact) mass is 188 g/mol. The fraction of sp³-hybridized carbons (Fsp3) is 1.00. The molecule has 4 heteroatoms. The number of rotatable bonds is 5. The van der Waals surface area contributed by atoms with Crippen LogP contribution >= 0.6 is 0 Å². The molecule has 1 rings (SSSR count). The second kappa shape index (κ2) is 6.32. The van der Waals surface area contributed by atoms with Gasteiger partial charge in [-0.15, -0.1) is 0 Å². The largest absolute Gasteiger partial charge is 0.394 e. The molecule has 0 aromatic carbocycles. The number of aliphatic hydroxyl groups is 1. The number of nitrogens with one attached hydrogen (secondary N) is 1. The molecule has 1 aliphatic heterocycles. The third-order valence-electron chi connectivity index (χ3n) is 2.40. The first-order valence-corrected chi connectivity index (χ1v) is 4.98. The maximum atomic E-state index is 8.51. The fourth-order valence-corrected chi connectivity index (χ4v) is 1.56. The summed E-state index contributed by atoms with van der Waals surface area (Å²) in [6, 6.07) is 0.603. The average Bonchev–Trinajstić information content (AvgIpc) is 2.15. The van der Waals surface area contributed by atoms with Crippen molar-refractivity contribution < 1.29 is 9.84 Å². The number of ether oxygens (including phenoxy) is 1. The molecule has 13 heavy (non-hydrogen) atoms. The van der Waals surface area contributed by atoms with Crippen molar-refractivity contribution in [3.63, 3.8) is 0 Å². The average molecular weight is 188 g/mol. The Morgan fingerprint density at radius 1 is 1.54 bits per heavy atom. The van der Waals surface area contributed by atoms with Crippen LogP contribution in [0.3, 0.4) is 0 Å². The van der Waals surface area contributed by atoms with Gasteiger partial charge >= 0.3 is 0 Å². The van der Waals surface area contributed by atoms with Gasteiger partial charge in [0.15, 0.2) is 0 Å². The van der Waals surface area contributed by atoms with Gasteiger partial charge in [0, 0.05) is 32.2 Å². The summed E-state index contributed by atoms with van der Waals surface area (Å²) in [6.45, 7) is 7.75. The van der Waals surface area contributed by atoms with E-state index in [1.165, 1.54) is 0 Å². The molecule has 1 saturated heterocycles. The first-order valence-electron chi connectivity index (χ1n) is 4.98. The topological polar surface area (TPSA) is 44.7 Å². The lowest BCUT2D eigenvalue weighted by molar-refractivity contribution is 0.0597. The van der Waals surface area contributed by atoms with Gasteiger partial charge in [0.25, 0.3) is 0 Å². The number of piperazine rings is 1. The minimum atomic E-state index is 0.122. The van der Waals surface area contributed by atoms with Crippen molar-refractivity contribution in [3.8, 4) is 0 Å². The molecule has 0 aromatic heterocycles. The van der Waals surface area contributed by atoms with Crippen LogP contribution in [0.25, 0.3) is 0 Å². The summed E-state index contributed by atoms with van der Waals surface area (Å²) in [4.78, 5) is 2.41. The zero-order valence-corrected chi connectivity index (χ0v) is 8.33. The highest BCUT2D eigenvalue weighted by molar-refractivity contribution is 4.75.